The summed E-state index contributed by atoms with van der Waals surface area (Å²) in [4.78, 5) is 2.81. The second-order valence-electron chi connectivity index (χ2n) is 7.27. The Kier molecular flexibility index (Phi) is 5.08. The summed E-state index contributed by atoms with van der Waals surface area (Å²) in [6.45, 7) is 13.4. The molecule has 2 fully saturated rings. The highest BCUT2D eigenvalue weighted by Gasteiger charge is 2.29. The van der Waals surface area contributed by atoms with E-state index in [1.165, 1.54) is 45.3 Å². The lowest BCUT2D eigenvalue weighted by atomic mass is 9.79. The maximum absolute atomic E-state index is 3.65. The summed E-state index contributed by atoms with van der Waals surface area (Å²) in [5.41, 5.74) is 0. The van der Waals surface area contributed by atoms with Crippen LogP contribution >= 0.6 is 0 Å². The van der Waals surface area contributed by atoms with Gasteiger partial charge in [-0.3, -0.25) is 4.90 Å². The van der Waals surface area contributed by atoms with Crippen LogP contribution in [-0.2, 0) is 0 Å². The molecule has 0 aromatic carbocycles. The number of hydrogen-bond donors (Lipinski definition) is 1. The number of hydrogen-bond acceptors (Lipinski definition) is 2. The van der Waals surface area contributed by atoms with Gasteiger partial charge in [-0.05, 0) is 63.5 Å². The lowest BCUT2D eigenvalue weighted by Gasteiger charge is -2.42. The minimum Gasteiger partial charge on any atom is -0.314 e. The van der Waals surface area contributed by atoms with Crippen molar-refractivity contribution in [1.82, 2.24) is 10.2 Å². The standard InChI is InChI=1S/C16H32N2/c1-12-7-13(2)9-16(8-12)18-6-5-15(4)17-10-14(3)11-18/h12-17H,5-11H2,1-4H3. The van der Waals surface area contributed by atoms with Gasteiger partial charge in [-0.15, -0.1) is 0 Å². The van der Waals surface area contributed by atoms with Crippen molar-refractivity contribution in [3.05, 3.63) is 0 Å². The number of nitrogens with one attached hydrogen (secondary N) is 1. The van der Waals surface area contributed by atoms with E-state index in [1.807, 2.05) is 0 Å². The largest absolute Gasteiger partial charge is 0.314 e. The van der Waals surface area contributed by atoms with Gasteiger partial charge in [-0.2, -0.15) is 0 Å². The van der Waals surface area contributed by atoms with Crippen LogP contribution in [0.5, 0.6) is 0 Å². The molecule has 4 unspecified atom stereocenters. The van der Waals surface area contributed by atoms with Gasteiger partial charge in [0.25, 0.3) is 0 Å². The lowest BCUT2D eigenvalue weighted by Crippen LogP contribution is -2.48. The first-order valence-electron chi connectivity index (χ1n) is 8.02. The van der Waals surface area contributed by atoms with Crippen LogP contribution in [-0.4, -0.2) is 36.6 Å². The van der Waals surface area contributed by atoms with Gasteiger partial charge in [-0.1, -0.05) is 20.8 Å². The van der Waals surface area contributed by atoms with E-state index in [1.54, 1.807) is 0 Å². The Labute approximate surface area is 114 Å². The molecule has 4 atom stereocenters. The monoisotopic (exact) mass is 252 g/mol. The predicted octanol–water partition coefficient (Wildman–Crippen LogP) is 3.13. The fourth-order valence-corrected chi connectivity index (χ4v) is 3.95. The molecule has 0 spiro atoms. The zero-order valence-corrected chi connectivity index (χ0v) is 12.8. The van der Waals surface area contributed by atoms with Crippen molar-refractivity contribution >= 4 is 0 Å². The quantitative estimate of drug-likeness (QED) is 0.771. The van der Waals surface area contributed by atoms with Gasteiger partial charge < -0.3 is 5.32 Å². The van der Waals surface area contributed by atoms with Crippen molar-refractivity contribution in [1.29, 1.82) is 0 Å². The molecular weight excluding hydrogens is 220 g/mol. The Balaban J connectivity index is 1.96. The van der Waals surface area contributed by atoms with Crippen molar-refractivity contribution in [3.63, 3.8) is 0 Å². The average molecular weight is 252 g/mol. The highest BCUT2D eigenvalue weighted by molar-refractivity contribution is 4.84. The molecular formula is C16H32N2. The highest BCUT2D eigenvalue weighted by Crippen LogP contribution is 2.32. The second-order valence-corrected chi connectivity index (χ2v) is 7.27. The minimum atomic E-state index is 0.689. The SMILES string of the molecule is CC1CC(C)CC(N2CCC(C)NCC(C)C2)C1. The summed E-state index contributed by atoms with van der Waals surface area (Å²) in [7, 11) is 0. The first-order valence-corrected chi connectivity index (χ1v) is 8.02. The van der Waals surface area contributed by atoms with E-state index in [-0.39, 0.29) is 0 Å². The van der Waals surface area contributed by atoms with E-state index in [0.717, 1.165) is 23.8 Å². The van der Waals surface area contributed by atoms with Gasteiger partial charge in [0.15, 0.2) is 0 Å². The van der Waals surface area contributed by atoms with Crippen molar-refractivity contribution in [3.8, 4) is 0 Å². The molecule has 2 rings (SSSR count). The topological polar surface area (TPSA) is 15.3 Å². The molecule has 0 aromatic heterocycles. The third kappa shape index (κ3) is 3.96. The van der Waals surface area contributed by atoms with E-state index in [4.69, 9.17) is 0 Å². The molecule has 1 heterocycles. The van der Waals surface area contributed by atoms with Gasteiger partial charge in [0.1, 0.15) is 0 Å². The summed E-state index contributed by atoms with van der Waals surface area (Å²) in [5.74, 6) is 2.64. The Bertz CT molecular complexity index is 243. The summed E-state index contributed by atoms with van der Waals surface area (Å²) < 4.78 is 0. The van der Waals surface area contributed by atoms with Gasteiger partial charge in [0.05, 0.1) is 0 Å². The van der Waals surface area contributed by atoms with Crippen molar-refractivity contribution < 1.29 is 0 Å². The molecule has 2 aliphatic rings. The van der Waals surface area contributed by atoms with Crippen LogP contribution in [0.2, 0.25) is 0 Å². The average Bonchev–Trinajstić information content (AvgIpc) is 2.28. The van der Waals surface area contributed by atoms with Gasteiger partial charge in [0, 0.05) is 18.6 Å². The second kappa shape index (κ2) is 6.38. The Morgan fingerprint density at radius 3 is 2.22 bits per heavy atom. The summed E-state index contributed by atoms with van der Waals surface area (Å²) >= 11 is 0. The van der Waals surface area contributed by atoms with E-state index in [9.17, 15) is 0 Å². The minimum absolute atomic E-state index is 0.689. The van der Waals surface area contributed by atoms with Crippen molar-refractivity contribution in [2.24, 2.45) is 17.8 Å². The van der Waals surface area contributed by atoms with Crippen LogP contribution < -0.4 is 5.32 Å². The van der Waals surface area contributed by atoms with Gasteiger partial charge in [0.2, 0.25) is 0 Å². The van der Waals surface area contributed by atoms with E-state index < -0.39 is 0 Å². The van der Waals surface area contributed by atoms with E-state index in [2.05, 4.69) is 37.9 Å². The van der Waals surface area contributed by atoms with Crippen LogP contribution in [0.4, 0.5) is 0 Å². The lowest BCUT2D eigenvalue weighted by molar-refractivity contribution is 0.0848. The molecule has 1 saturated carbocycles. The van der Waals surface area contributed by atoms with Crippen LogP contribution in [0.1, 0.15) is 53.4 Å². The fraction of sp³-hybridized carbons (Fsp3) is 1.00. The molecule has 1 N–H and O–H groups in total. The number of rotatable bonds is 1. The molecule has 0 radical (unpaired) electrons. The van der Waals surface area contributed by atoms with E-state index >= 15 is 0 Å². The van der Waals surface area contributed by atoms with Crippen LogP contribution in [0, 0.1) is 17.8 Å². The van der Waals surface area contributed by atoms with Crippen LogP contribution in [0.3, 0.4) is 0 Å². The molecule has 1 aliphatic heterocycles. The van der Waals surface area contributed by atoms with Gasteiger partial charge in [-0.25, -0.2) is 0 Å². The molecule has 0 amide bonds. The predicted molar refractivity (Wildman–Crippen MR) is 78.8 cm³/mol. The molecule has 1 aliphatic carbocycles. The Morgan fingerprint density at radius 1 is 0.889 bits per heavy atom. The highest BCUT2D eigenvalue weighted by atomic mass is 15.2. The normalized spacial score (nSPS) is 44.3. The third-order valence-corrected chi connectivity index (χ3v) is 4.88. The first kappa shape index (κ1) is 14.3. The van der Waals surface area contributed by atoms with Crippen LogP contribution in [0.15, 0.2) is 0 Å². The number of nitrogens with zero attached hydrogens (tertiary/aromatic N) is 1. The van der Waals surface area contributed by atoms with Crippen molar-refractivity contribution in [2.45, 2.75) is 65.5 Å². The fourth-order valence-electron chi connectivity index (χ4n) is 3.95. The first-order chi connectivity index (χ1) is 8.54. The molecule has 106 valence electrons. The molecule has 2 heteroatoms. The molecule has 0 aromatic rings. The summed E-state index contributed by atoms with van der Waals surface area (Å²) in [5, 5.41) is 3.65. The Hall–Kier alpha value is -0.0800. The van der Waals surface area contributed by atoms with Crippen molar-refractivity contribution in [2.75, 3.05) is 19.6 Å². The van der Waals surface area contributed by atoms with Crippen LogP contribution in [0.25, 0.3) is 0 Å². The van der Waals surface area contributed by atoms with Gasteiger partial charge >= 0.3 is 0 Å². The summed E-state index contributed by atoms with van der Waals surface area (Å²) in [6, 6.07) is 1.55. The smallest absolute Gasteiger partial charge is 0.0100 e. The Morgan fingerprint density at radius 2 is 1.56 bits per heavy atom. The zero-order chi connectivity index (χ0) is 13.1. The summed E-state index contributed by atoms with van der Waals surface area (Å²) in [6.07, 6.45) is 5.61. The molecule has 1 saturated heterocycles. The zero-order valence-electron chi connectivity index (χ0n) is 12.8. The molecule has 2 nitrogen and oxygen atoms in total. The molecule has 0 bridgehead atoms. The maximum atomic E-state index is 3.65. The molecule has 18 heavy (non-hydrogen) atoms. The third-order valence-electron chi connectivity index (χ3n) is 4.88. The maximum Gasteiger partial charge on any atom is 0.0100 e. The van der Waals surface area contributed by atoms with E-state index in [0.29, 0.717) is 6.04 Å².